The molecule has 0 amide bonds. The topological polar surface area (TPSA) is 43.4 Å². The third-order valence-electron chi connectivity index (χ3n) is 3.23. The van der Waals surface area contributed by atoms with Crippen LogP contribution in [0.1, 0.15) is 19.4 Å². The summed E-state index contributed by atoms with van der Waals surface area (Å²) in [5.41, 5.74) is 3.29. The van der Waals surface area contributed by atoms with E-state index in [0.29, 0.717) is 6.04 Å². The summed E-state index contributed by atoms with van der Waals surface area (Å²) in [5, 5.41) is 3.40. The minimum atomic E-state index is 0.453. The molecule has 1 aromatic carbocycles. The lowest BCUT2D eigenvalue weighted by Gasteiger charge is -2.11. The van der Waals surface area contributed by atoms with Crippen LogP contribution in [-0.2, 0) is 6.54 Å². The Morgan fingerprint density at radius 3 is 2.43 bits per heavy atom. The summed E-state index contributed by atoms with van der Waals surface area (Å²) in [6.45, 7) is 5.07. The zero-order chi connectivity index (χ0) is 15.2. The predicted octanol–water partition coefficient (Wildman–Crippen LogP) is 3.26. The molecule has 2 rings (SSSR count). The molecule has 0 fully saturated rings. The zero-order valence-corrected chi connectivity index (χ0v) is 13.0. The van der Waals surface area contributed by atoms with Gasteiger partial charge >= 0.3 is 0 Å². The summed E-state index contributed by atoms with van der Waals surface area (Å²) in [7, 11) is 3.28. The molecule has 0 saturated carbocycles. The summed E-state index contributed by atoms with van der Waals surface area (Å²) in [6, 6.07) is 8.49. The van der Waals surface area contributed by atoms with E-state index in [4.69, 9.17) is 9.47 Å². The summed E-state index contributed by atoms with van der Waals surface area (Å²) >= 11 is 0. The number of aromatic nitrogens is 1. The van der Waals surface area contributed by atoms with Crippen molar-refractivity contribution in [2.45, 2.75) is 26.4 Å². The Balaban J connectivity index is 2.27. The third kappa shape index (κ3) is 3.95. The van der Waals surface area contributed by atoms with Gasteiger partial charge in [-0.3, -0.25) is 4.98 Å². The van der Waals surface area contributed by atoms with Gasteiger partial charge in [-0.25, -0.2) is 0 Å². The van der Waals surface area contributed by atoms with E-state index in [9.17, 15) is 0 Å². The van der Waals surface area contributed by atoms with Crippen molar-refractivity contribution in [3.63, 3.8) is 0 Å². The van der Waals surface area contributed by atoms with E-state index in [0.717, 1.165) is 34.7 Å². The molecule has 0 saturated heterocycles. The van der Waals surface area contributed by atoms with Crippen LogP contribution in [0.25, 0.3) is 11.1 Å². The highest BCUT2D eigenvalue weighted by atomic mass is 16.5. The highest BCUT2D eigenvalue weighted by Gasteiger charge is 2.07. The number of rotatable bonds is 6. The first-order chi connectivity index (χ1) is 10.1. The van der Waals surface area contributed by atoms with Crippen molar-refractivity contribution in [3.05, 3.63) is 42.2 Å². The minimum absolute atomic E-state index is 0.453. The number of hydrogen-bond acceptors (Lipinski definition) is 4. The van der Waals surface area contributed by atoms with Crippen LogP contribution < -0.4 is 14.8 Å². The third-order valence-corrected chi connectivity index (χ3v) is 3.23. The molecular formula is C17H22N2O2. The second-order valence-electron chi connectivity index (χ2n) is 5.19. The lowest BCUT2D eigenvalue weighted by atomic mass is 10.1. The van der Waals surface area contributed by atoms with Crippen LogP contribution in [-0.4, -0.2) is 25.2 Å². The molecule has 0 aliphatic heterocycles. The fraction of sp³-hybridized carbons (Fsp3) is 0.353. The molecule has 0 spiro atoms. The molecule has 0 bridgehead atoms. The minimum Gasteiger partial charge on any atom is -0.493 e. The fourth-order valence-electron chi connectivity index (χ4n) is 2.08. The van der Waals surface area contributed by atoms with Crippen molar-refractivity contribution < 1.29 is 9.47 Å². The average molecular weight is 286 g/mol. The normalized spacial score (nSPS) is 10.7. The Morgan fingerprint density at radius 2 is 1.76 bits per heavy atom. The van der Waals surface area contributed by atoms with E-state index in [1.807, 2.05) is 30.6 Å². The monoisotopic (exact) mass is 286 g/mol. The molecule has 1 N–H and O–H groups in total. The lowest BCUT2D eigenvalue weighted by molar-refractivity contribution is 0.355. The van der Waals surface area contributed by atoms with Gasteiger partial charge in [0.2, 0.25) is 0 Å². The molecule has 4 nitrogen and oxygen atoms in total. The van der Waals surface area contributed by atoms with Crippen LogP contribution in [0.5, 0.6) is 11.5 Å². The first kappa shape index (κ1) is 15.3. The molecule has 0 aliphatic carbocycles. The first-order valence-electron chi connectivity index (χ1n) is 7.03. The smallest absolute Gasteiger partial charge is 0.161 e. The van der Waals surface area contributed by atoms with Gasteiger partial charge in [0.15, 0.2) is 11.5 Å². The van der Waals surface area contributed by atoms with Crippen molar-refractivity contribution in [3.8, 4) is 22.6 Å². The molecule has 4 heteroatoms. The van der Waals surface area contributed by atoms with Gasteiger partial charge in [-0.15, -0.1) is 0 Å². The van der Waals surface area contributed by atoms with E-state index >= 15 is 0 Å². The standard InChI is InChI=1S/C17H22N2O2/c1-12(2)19-10-13-7-15(11-18-9-13)14-5-6-16(20-3)17(8-14)21-4/h5-9,11-12,19H,10H2,1-4H3. The molecule has 0 radical (unpaired) electrons. The Morgan fingerprint density at radius 1 is 1.00 bits per heavy atom. The zero-order valence-electron chi connectivity index (χ0n) is 13.0. The van der Waals surface area contributed by atoms with E-state index in [2.05, 4.69) is 30.2 Å². The van der Waals surface area contributed by atoms with Crippen LogP contribution in [0.2, 0.25) is 0 Å². The van der Waals surface area contributed by atoms with Gasteiger partial charge in [0, 0.05) is 30.5 Å². The van der Waals surface area contributed by atoms with E-state index in [1.165, 1.54) is 0 Å². The van der Waals surface area contributed by atoms with Crippen molar-refractivity contribution >= 4 is 0 Å². The predicted molar refractivity (Wildman–Crippen MR) is 84.8 cm³/mol. The van der Waals surface area contributed by atoms with Gasteiger partial charge in [0.1, 0.15) is 0 Å². The van der Waals surface area contributed by atoms with E-state index in [-0.39, 0.29) is 0 Å². The van der Waals surface area contributed by atoms with Crippen molar-refractivity contribution in [1.82, 2.24) is 10.3 Å². The number of nitrogens with zero attached hydrogens (tertiary/aromatic N) is 1. The van der Waals surface area contributed by atoms with Crippen molar-refractivity contribution in [2.24, 2.45) is 0 Å². The average Bonchev–Trinajstić information content (AvgIpc) is 2.52. The van der Waals surface area contributed by atoms with Crippen LogP contribution in [0, 0.1) is 0 Å². The maximum absolute atomic E-state index is 5.35. The Bertz CT molecular complexity index is 597. The maximum Gasteiger partial charge on any atom is 0.161 e. The number of pyridine rings is 1. The summed E-state index contributed by atoms with van der Waals surface area (Å²) in [6.07, 6.45) is 3.75. The molecule has 0 unspecified atom stereocenters. The van der Waals surface area contributed by atoms with Gasteiger partial charge in [-0.05, 0) is 29.3 Å². The maximum atomic E-state index is 5.35. The Hall–Kier alpha value is -2.07. The summed E-state index contributed by atoms with van der Waals surface area (Å²) in [4.78, 5) is 4.32. The molecule has 1 heterocycles. The second kappa shape index (κ2) is 7.09. The number of ether oxygens (including phenoxy) is 2. The highest BCUT2D eigenvalue weighted by molar-refractivity contribution is 5.67. The van der Waals surface area contributed by atoms with Gasteiger partial charge in [-0.1, -0.05) is 19.9 Å². The number of benzene rings is 1. The SMILES string of the molecule is COc1ccc(-c2cncc(CNC(C)C)c2)cc1OC. The first-order valence-corrected chi connectivity index (χ1v) is 7.03. The molecule has 21 heavy (non-hydrogen) atoms. The molecule has 1 aromatic heterocycles. The molecule has 0 atom stereocenters. The van der Waals surface area contributed by atoms with E-state index < -0.39 is 0 Å². The number of hydrogen-bond donors (Lipinski definition) is 1. The van der Waals surface area contributed by atoms with Crippen molar-refractivity contribution in [1.29, 1.82) is 0 Å². The molecule has 112 valence electrons. The Kier molecular flexibility index (Phi) is 5.17. The van der Waals surface area contributed by atoms with Crippen LogP contribution in [0.15, 0.2) is 36.7 Å². The molecule has 0 aliphatic rings. The Labute approximate surface area is 126 Å². The second-order valence-corrected chi connectivity index (χ2v) is 5.19. The van der Waals surface area contributed by atoms with Gasteiger partial charge in [0.05, 0.1) is 14.2 Å². The van der Waals surface area contributed by atoms with Crippen molar-refractivity contribution in [2.75, 3.05) is 14.2 Å². The van der Waals surface area contributed by atoms with Crippen LogP contribution >= 0.6 is 0 Å². The highest BCUT2D eigenvalue weighted by Crippen LogP contribution is 2.32. The van der Waals surface area contributed by atoms with Gasteiger partial charge < -0.3 is 14.8 Å². The molecule has 2 aromatic rings. The van der Waals surface area contributed by atoms with Crippen LogP contribution in [0.3, 0.4) is 0 Å². The quantitative estimate of drug-likeness (QED) is 0.885. The fourth-order valence-corrected chi connectivity index (χ4v) is 2.08. The lowest BCUT2D eigenvalue weighted by Crippen LogP contribution is -2.21. The number of nitrogens with one attached hydrogen (secondary N) is 1. The van der Waals surface area contributed by atoms with E-state index in [1.54, 1.807) is 14.2 Å². The number of methoxy groups -OCH3 is 2. The van der Waals surface area contributed by atoms with Crippen LogP contribution in [0.4, 0.5) is 0 Å². The largest absolute Gasteiger partial charge is 0.493 e. The summed E-state index contributed by atoms with van der Waals surface area (Å²) in [5.74, 6) is 1.45. The van der Waals surface area contributed by atoms with Gasteiger partial charge in [-0.2, -0.15) is 0 Å². The molecular weight excluding hydrogens is 264 g/mol. The van der Waals surface area contributed by atoms with Gasteiger partial charge in [0.25, 0.3) is 0 Å². The summed E-state index contributed by atoms with van der Waals surface area (Å²) < 4.78 is 10.6.